The van der Waals surface area contributed by atoms with E-state index in [1.807, 2.05) is 0 Å². The summed E-state index contributed by atoms with van der Waals surface area (Å²) >= 11 is 0. The van der Waals surface area contributed by atoms with Gasteiger partial charge >= 0.3 is 0 Å². The van der Waals surface area contributed by atoms with Crippen molar-refractivity contribution in [2.75, 3.05) is 12.8 Å². The Morgan fingerprint density at radius 3 is 0.569 bits per heavy atom. The van der Waals surface area contributed by atoms with Crippen LogP contribution in [-0.2, 0) is 231 Å². The van der Waals surface area contributed by atoms with Gasteiger partial charge in [0.2, 0.25) is 7.37 Å². The molecule has 0 saturated heterocycles. The molecule has 48 heteroatoms. The van der Waals surface area contributed by atoms with Crippen molar-refractivity contribution in [2.45, 2.75) is 6.92 Å². The van der Waals surface area contributed by atoms with Gasteiger partial charge in [-0.25, -0.2) is 5.26 Å². The largest absolute Gasteiger partial charge is 0.290 e. The van der Waals surface area contributed by atoms with E-state index in [0.29, 0.717) is 0 Å². The lowest BCUT2D eigenvalue weighted by Crippen LogP contribution is -2.06. The fourth-order valence-electron chi connectivity index (χ4n) is 0.607. The first-order valence-electron chi connectivity index (χ1n) is 9.35. The summed E-state index contributed by atoms with van der Waals surface area (Å²) in [5, 5.41) is 161. The SMILES string of the molecule is CCP(C)(=O)OOOOOOOOOOOOOOOOOOOOOOOOOOOOOOOOOOOOOOOOOOOOOO. The van der Waals surface area contributed by atoms with Crippen LogP contribution in [0.25, 0.3) is 0 Å². The van der Waals surface area contributed by atoms with E-state index in [-0.39, 0.29) is 6.16 Å². The Kier molecular flexibility index (Phi) is 41.4. The van der Waals surface area contributed by atoms with Gasteiger partial charge in [0.15, 0.2) is 0 Å². The van der Waals surface area contributed by atoms with Crippen LogP contribution in [-0.4, -0.2) is 18.1 Å². The van der Waals surface area contributed by atoms with Gasteiger partial charge in [-0.05, 0) is 80.6 Å². The number of rotatable bonds is 46. The summed E-state index contributed by atoms with van der Waals surface area (Å²) in [5.74, 6) is 0. The van der Waals surface area contributed by atoms with Crippen LogP contribution in [0, 0.1) is 0 Å². The maximum atomic E-state index is 11.3. The molecule has 0 heterocycles. The number of hydrogen-bond donors (Lipinski definition) is 1. The van der Waals surface area contributed by atoms with Crippen LogP contribution < -0.4 is 0 Å². The van der Waals surface area contributed by atoms with Crippen LogP contribution in [0.1, 0.15) is 6.92 Å². The fraction of sp³-hybridized carbons (Fsp3) is 1.00. The van der Waals surface area contributed by atoms with Gasteiger partial charge < -0.3 is 0 Å². The quantitative estimate of drug-likeness (QED) is 0.0312. The van der Waals surface area contributed by atoms with E-state index in [4.69, 9.17) is 5.26 Å². The molecule has 0 saturated carbocycles. The molecule has 47 nitrogen and oxygen atoms in total. The summed E-state index contributed by atoms with van der Waals surface area (Å²) in [6.07, 6.45) is 0.132. The molecule has 0 aromatic carbocycles. The summed E-state index contributed by atoms with van der Waals surface area (Å²) < 4.78 is 15.6. The zero-order valence-corrected chi connectivity index (χ0v) is 23.3. The van der Waals surface area contributed by atoms with E-state index in [1.54, 1.807) is 6.92 Å². The summed E-state index contributed by atoms with van der Waals surface area (Å²) in [7, 11) is -3.03. The summed E-state index contributed by atoms with van der Waals surface area (Å²) in [6, 6.07) is 0. The highest BCUT2D eigenvalue weighted by atomic mass is 31.2. The Bertz CT molecular complexity index is 668. The van der Waals surface area contributed by atoms with Crippen LogP contribution in [0.15, 0.2) is 0 Å². The first kappa shape index (κ1) is 49.4. The molecule has 0 aromatic heterocycles. The van der Waals surface area contributed by atoms with Crippen LogP contribution in [0.3, 0.4) is 0 Å². The van der Waals surface area contributed by atoms with Crippen molar-refractivity contribution < 1.29 is 236 Å². The lowest BCUT2D eigenvalue weighted by molar-refractivity contribution is -0.910. The average Bonchev–Trinajstić information content (AvgIpc) is 3.13. The highest BCUT2D eigenvalue weighted by molar-refractivity contribution is 7.57. The standard InChI is InChI=1S/C3H9O47P/c1-3-51(2,5)50-49-48-47-46-45-44-43-42-41-40-39-38-37-36-35-34-33-32-31-30-29-28-27-26-25-24-23-22-21-20-19-18-17-16-15-14-13-12-11-10-9-8-7-6-4/h4H,3H2,1-2H3. The van der Waals surface area contributed by atoms with E-state index in [0.717, 1.165) is 0 Å². The van der Waals surface area contributed by atoms with Gasteiger partial charge in [0.25, 0.3) is 0 Å². The van der Waals surface area contributed by atoms with Crippen molar-refractivity contribution in [1.82, 2.24) is 0 Å². The first-order valence-corrected chi connectivity index (χ1v) is 11.6. The molecule has 1 N–H and O–H groups in total. The van der Waals surface area contributed by atoms with Crippen LogP contribution in [0.5, 0.6) is 0 Å². The molecule has 0 bridgehead atoms. The highest BCUT2D eigenvalue weighted by Gasteiger charge is 2.15. The van der Waals surface area contributed by atoms with Gasteiger partial charge in [-0.1, -0.05) is 6.92 Å². The summed E-state index contributed by atoms with van der Waals surface area (Å²) in [6.45, 7) is 2.78. The maximum absolute atomic E-state index is 11.3. The van der Waals surface area contributed by atoms with Gasteiger partial charge in [0.1, 0.15) is 0 Å². The molecule has 0 radical (unpaired) electrons. The highest BCUT2D eigenvalue weighted by Crippen LogP contribution is 2.41. The molecule has 1 unspecified atom stereocenters. The lowest BCUT2D eigenvalue weighted by Gasteiger charge is -2.06. The fourth-order valence-corrected chi connectivity index (χ4v) is 0.866. The molecule has 0 fully saturated rings. The van der Waals surface area contributed by atoms with Crippen molar-refractivity contribution in [3.63, 3.8) is 0 Å². The van der Waals surface area contributed by atoms with Gasteiger partial charge in [-0.15, -0.1) is 4.67 Å². The van der Waals surface area contributed by atoms with Gasteiger partial charge in [0.05, 0.1) is 0 Å². The Morgan fingerprint density at radius 2 is 0.431 bits per heavy atom. The van der Waals surface area contributed by atoms with Crippen molar-refractivity contribution in [1.29, 1.82) is 0 Å². The smallest absolute Gasteiger partial charge is 0.236 e. The molecule has 0 spiro atoms. The summed E-state index contributed by atoms with van der Waals surface area (Å²) in [5.41, 5.74) is 0. The molecule has 0 aliphatic rings. The third kappa shape index (κ3) is 44.5. The maximum Gasteiger partial charge on any atom is 0.236 e. The minimum absolute atomic E-state index is 0.132. The minimum atomic E-state index is -3.03. The predicted molar refractivity (Wildman–Crippen MR) is 75.5 cm³/mol. The van der Waals surface area contributed by atoms with Crippen molar-refractivity contribution in [3.05, 3.63) is 0 Å². The molecule has 0 aliphatic carbocycles. The summed E-state index contributed by atoms with van der Waals surface area (Å²) in [4.78, 5) is 0. The molecule has 308 valence electrons. The topological polar surface area (TPSA) is 453 Å². The zero-order valence-electron chi connectivity index (χ0n) is 22.4. The van der Waals surface area contributed by atoms with Gasteiger partial charge in [0, 0.05) is 154 Å². The molecule has 0 aliphatic heterocycles. The van der Waals surface area contributed by atoms with Gasteiger partial charge in [-0.2, -0.15) is 0 Å². The molecular formula is C3H9O47P. The number of hydrogen-bond acceptors (Lipinski definition) is 47. The monoisotopic (exact) mass is 828 g/mol. The molecule has 0 aromatic rings. The Labute approximate surface area is 265 Å². The predicted octanol–water partition coefficient (Wildman–Crippen LogP) is -1.61. The molecule has 0 amide bonds. The normalized spacial score (nSPS) is 12.9. The molecule has 1 atom stereocenters. The van der Waals surface area contributed by atoms with E-state index in [9.17, 15) is 4.57 Å². The zero-order chi connectivity index (χ0) is 37.0. The van der Waals surface area contributed by atoms with Crippen LogP contribution in [0.2, 0.25) is 0 Å². The second-order valence-corrected chi connectivity index (χ2v) is 7.21. The lowest BCUT2D eigenvalue weighted by atomic mass is 11.0. The van der Waals surface area contributed by atoms with Crippen LogP contribution in [0.4, 0.5) is 0 Å². The molecular weight excluding hydrogens is 819 g/mol. The minimum Gasteiger partial charge on any atom is -0.290 e. The first-order chi connectivity index (χ1) is 25.1. The second kappa shape index (κ2) is 42.8. The van der Waals surface area contributed by atoms with Crippen molar-refractivity contribution in [2.24, 2.45) is 0 Å². The second-order valence-electron chi connectivity index (χ2n) is 4.41. The average molecular weight is 828 g/mol. The van der Waals surface area contributed by atoms with Crippen LogP contribution >= 0.6 is 7.37 Å². The van der Waals surface area contributed by atoms with E-state index >= 15 is 0 Å². The Balaban J connectivity index is 3.07. The third-order valence-corrected chi connectivity index (χ3v) is 3.48. The van der Waals surface area contributed by atoms with Gasteiger partial charge in [-0.3, -0.25) is 4.57 Å². The third-order valence-electron chi connectivity index (χ3n) is 1.96. The molecule has 51 heavy (non-hydrogen) atoms. The van der Waals surface area contributed by atoms with E-state index in [2.05, 4.69) is 226 Å². The molecule has 0 rings (SSSR count). The Morgan fingerprint density at radius 1 is 0.294 bits per heavy atom. The van der Waals surface area contributed by atoms with Crippen molar-refractivity contribution >= 4 is 7.37 Å². The van der Waals surface area contributed by atoms with E-state index < -0.39 is 7.37 Å². The van der Waals surface area contributed by atoms with Crippen molar-refractivity contribution in [3.8, 4) is 0 Å². The Hall–Kier alpha value is -1.61. The van der Waals surface area contributed by atoms with E-state index in [1.165, 1.54) is 6.66 Å².